The molecule has 1 atom stereocenters. The number of halogens is 1. The van der Waals surface area contributed by atoms with Crippen LogP contribution in [0.2, 0.25) is 0 Å². The first-order chi connectivity index (χ1) is 13.0. The Hall–Kier alpha value is -1.96. The molecule has 7 heteroatoms. The molecule has 2 aliphatic heterocycles. The number of hydrogen-bond donors (Lipinski definition) is 0. The summed E-state index contributed by atoms with van der Waals surface area (Å²) in [5, 5.41) is 0. The molecule has 2 aromatic rings. The minimum atomic E-state index is -3.71. The van der Waals surface area contributed by atoms with E-state index in [1.807, 2.05) is 6.07 Å². The summed E-state index contributed by atoms with van der Waals surface area (Å²) in [7, 11) is -2.35. The number of hydrogen-bond acceptors (Lipinski definition) is 4. The van der Waals surface area contributed by atoms with Crippen molar-refractivity contribution in [2.45, 2.75) is 30.3 Å². The van der Waals surface area contributed by atoms with E-state index in [9.17, 15) is 12.8 Å². The van der Waals surface area contributed by atoms with Gasteiger partial charge in [-0.3, -0.25) is 4.90 Å². The van der Waals surface area contributed by atoms with E-state index in [0.29, 0.717) is 13.1 Å². The smallest absolute Gasteiger partial charge is 0.243 e. The Morgan fingerprint density at radius 2 is 1.89 bits per heavy atom. The van der Waals surface area contributed by atoms with Crippen molar-refractivity contribution in [3.05, 3.63) is 59.4 Å². The maximum absolute atomic E-state index is 14.0. The molecule has 0 bridgehead atoms. The van der Waals surface area contributed by atoms with Crippen LogP contribution in [0, 0.1) is 5.82 Å². The van der Waals surface area contributed by atoms with Crippen LogP contribution in [0.5, 0.6) is 5.75 Å². The van der Waals surface area contributed by atoms with Crippen LogP contribution in [-0.4, -0.2) is 50.4 Å². The van der Waals surface area contributed by atoms with E-state index in [2.05, 4.69) is 23.1 Å². The summed E-state index contributed by atoms with van der Waals surface area (Å²) in [5.41, 5.74) is 2.70. The van der Waals surface area contributed by atoms with Crippen molar-refractivity contribution < 1.29 is 17.5 Å². The summed E-state index contributed by atoms with van der Waals surface area (Å²) in [6.07, 6.45) is 1.78. The number of benzene rings is 2. The van der Waals surface area contributed by atoms with Gasteiger partial charge < -0.3 is 4.74 Å². The second kappa shape index (κ2) is 7.22. The van der Waals surface area contributed by atoms with Gasteiger partial charge in [0.15, 0.2) is 11.6 Å². The Bertz CT molecular complexity index is 948. The van der Waals surface area contributed by atoms with Crippen molar-refractivity contribution in [1.29, 1.82) is 0 Å². The van der Waals surface area contributed by atoms with E-state index >= 15 is 0 Å². The third-order valence-corrected chi connectivity index (χ3v) is 7.42. The SMILES string of the molecule is COc1ccc(S(=O)(=O)N2CCC(N3CCc4ccccc4C3)C2)cc1F. The van der Waals surface area contributed by atoms with Crippen LogP contribution in [-0.2, 0) is 23.0 Å². The van der Waals surface area contributed by atoms with Crippen molar-refractivity contribution in [3.63, 3.8) is 0 Å². The van der Waals surface area contributed by atoms with Crippen LogP contribution >= 0.6 is 0 Å². The lowest BCUT2D eigenvalue weighted by Gasteiger charge is -2.33. The summed E-state index contributed by atoms with van der Waals surface area (Å²) in [6, 6.07) is 12.4. The highest BCUT2D eigenvalue weighted by molar-refractivity contribution is 7.89. The Balaban J connectivity index is 1.48. The normalized spacial score (nSPS) is 21.2. The first-order valence-electron chi connectivity index (χ1n) is 9.13. The molecule has 0 aromatic heterocycles. The molecular weight excluding hydrogens is 367 g/mol. The molecule has 0 aliphatic carbocycles. The molecule has 4 rings (SSSR count). The minimum absolute atomic E-state index is 0.0227. The fourth-order valence-electron chi connectivity index (χ4n) is 4.01. The van der Waals surface area contributed by atoms with Crippen LogP contribution in [0.3, 0.4) is 0 Å². The van der Waals surface area contributed by atoms with E-state index in [0.717, 1.165) is 32.0 Å². The predicted octanol–water partition coefficient (Wildman–Crippen LogP) is 2.66. The zero-order valence-corrected chi connectivity index (χ0v) is 16.1. The molecule has 0 N–H and O–H groups in total. The third-order valence-electron chi connectivity index (χ3n) is 5.56. The number of ether oxygens (including phenoxy) is 1. The van der Waals surface area contributed by atoms with Crippen molar-refractivity contribution in [2.75, 3.05) is 26.7 Å². The molecule has 0 radical (unpaired) electrons. The van der Waals surface area contributed by atoms with Gasteiger partial charge in [0.05, 0.1) is 12.0 Å². The van der Waals surface area contributed by atoms with E-state index in [1.54, 1.807) is 0 Å². The van der Waals surface area contributed by atoms with Gasteiger partial charge in [-0.15, -0.1) is 0 Å². The van der Waals surface area contributed by atoms with Gasteiger partial charge in [0, 0.05) is 32.2 Å². The van der Waals surface area contributed by atoms with Crippen molar-refractivity contribution in [2.24, 2.45) is 0 Å². The molecule has 2 aliphatic rings. The first-order valence-corrected chi connectivity index (χ1v) is 10.6. The molecule has 144 valence electrons. The lowest BCUT2D eigenvalue weighted by Crippen LogP contribution is -2.41. The largest absolute Gasteiger partial charge is 0.494 e. The molecule has 1 fully saturated rings. The third kappa shape index (κ3) is 3.47. The van der Waals surface area contributed by atoms with Crippen molar-refractivity contribution in [3.8, 4) is 5.75 Å². The number of sulfonamides is 1. The van der Waals surface area contributed by atoms with Crippen LogP contribution in [0.25, 0.3) is 0 Å². The van der Waals surface area contributed by atoms with E-state index in [1.165, 1.54) is 34.7 Å². The van der Waals surface area contributed by atoms with Gasteiger partial charge in [0.1, 0.15) is 0 Å². The van der Waals surface area contributed by atoms with Gasteiger partial charge >= 0.3 is 0 Å². The van der Waals surface area contributed by atoms with Gasteiger partial charge in [-0.2, -0.15) is 4.31 Å². The quantitative estimate of drug-likeness (QED) is 0.805. The van der Waals surface area contributed by atoms with Crippen LogP contribution in [0.15, 0.2) is 47.4 Å². The maximum Gasteiger partial charge on any atom is 0.243 e. The highest BCUT2D eigenvalue weighted by atomic mass is 32.2. The maximum atomic E-state index is 14.0. The zero-order valence-electron chi connectivity index (χ0n) is 15.3. The lowest BCUT2D eigenvalue weighted by atomic mass is 9.98. The summed E-state index contributed by atoms with van der Waals surface area (Å²) in [4.78, 5) is 2.34. The number of methoxy groups -OCH3 is 1. The zero-order chi connectivity index (χ0) is 19.0. The van der Waals surface area contributed by atoms with Gasteiger partial charge in [-0.1, -0.05) is 24.3 Å². The number of rotatable bonds is 4. The lowest BCUT2D eigenvalue weighted by molar-refractivity contribution is 0.185. The molecule has 0 spiro atoms. The van der Waals surface area contributed by atoms with Crippen LogP contribution in [0.4, 0.5) is 4.39 Å². The van der Waals surface area contributed by atoms with Gasteiger partial charge in [0.25, 0.3) is 0 Å². The average Bonchev–Trinajstić information content (AvgIpc) is 3.18. The van der Waals surface area contributed by atoms with Crippen LogP contribution < -0.4 is 4.74 Å². The minimum Gasteiger partial charge on any atom is -0.494 e. The van der Waals surface area contributed by atoms with Crippen molar-refractivity contribution in [1.82, 2.24) is 9.21 Å². The molecule has 1 unspecified atom stereocenters. The number of fused-ring (bicyclic) bond motifs is 1. The monoisotopic (exact) mass is 390 g/mol. The van der Waals surface area contributed by atoms with E-state index in [4.69, 9.17) is 4.74 Å². The fourth-order valence-corrected chi connectivity index (χ4v) is 5.52. The first kappa shape index (κ1) is 18.4. The van der Waals surface area contributed by atoms with Gasteiger partial charge in [-0.05, 0) is 42.2 Å². The summed E-state index contributed by atoms with van der Waals surface area (Å²) >= 11 is 0. The van der Waals surface area contributed by atoms with Crippen molar-refractivity contribution >= 4 is 10.0 Å². The molecule has 0 saturated carbocycles. The molecular formula is C20H23FN2O3S. The molecule has 27 heavy (non-hydrogen) atoms. The Morgan fingerprint density at radius 3 is 2.63 bits per heavy atom. The molecule has 5 nitrogen and oxygen atoms in total. The Morgan fingerprint density at radius 1 is 1.11 bits per heavy atom. The second-order valence-corrected chi connectivity index (χ2v) is 9.03. The Labute approximate surface area is 159 Å². The summed E-state index contributed by atoms with van der Waals surface area (Å²) in [6.45, 7) is 2.69. The fraction of sp³-hybridized carbons (Fsp3) is 0.400. The summed E-state index contributed by atoms with van der Waals surface area (Å²) < 4.78 is 46.1. The highest BCUT2D eigenvalue weighted by Gasteiger charge is 2.36. The second-order valence-electron chi connectivity index (χ2n) is 7.09. The van der Waals surface area contributed by atoms with Gasteiger partial charge in [-0.25, -0.2) is 12.8 Å². The molecule has 0 amide bonds. The summed E-state index contributed by atoms with van der Waals surface area (Å²) in [5.74, 6) is -0.623. The molecule has 2 aromatic carbocycles. The average molecular weight is 390 g/mol. The van der Waals surface area contributed by atoms with E-state index < -0.39 is 15.8 Å². The molecule has 2 heterocycles. The predicted molar refractivity (Wildman–Crippen MR) is 101 cm³/mol. The Kier molecular flexibility index (Phi) is 4.92. The van der Waals surface area contributed by atoms with Gasteiger partial charge in [0.2, 0.25) is 10.0 Å². The number of nitrogens with zero attached hydrogens (tertiary/aromatic N) is 2. The highest BCUT2D eigenvalue weighted by Crippen LogP contribution is 2.29. The van der Waals surface area contributed by atoms with Crippen LogP contribution in [0.1, 0.15) is 17.5 Å². The van der Waals surface area contributed by atoms with E-state index in [-0.39, 0.29) is 16.7 Å². The topological polar surface area (TPSA) is 49.9 Å². The molecule has 1 saturated heterocycles. The standard InChI is InChI=1S/C20H23FN2O3S/c1-26-20-7-6-18(12-19(20)21)27(24,25)23-11-9-17(14-23)22-10-8-15-4-2-3-5-16(15)13-22/h2-7,12,17H,8-11,13-14H2,1H3.